The van der Waals surface area contributed by atoms with Crippen LogP contribution >= 0.6 is 11.8 Å². The Morgan fingerprint density at radius 1 is 1.17 bits per heavy atom. The minimum Gasteiger partial charge on any atom is -0.480 e. The lowest BCUT2D eigenvalue weighted by Crippen LogP contribution is -2.52. The van der Waals surface area contributed by atoms with Crippen LogP contribution in [0.1, 0.15) is 18.9 Å². The van der Waals surface area contributed by atoms with Crippen LogP contribution in [0.3, 0.4) is 0 Å². The molecule has 1 rings (SSSR count). The molecule has 0 fully saturated rings. The highest BCUT2D eigenvalue weighted by molar-refractivity contribution is 7.98. The molecule has 0 heterocycles. The minimum absolute atomic E-state index is 0.139. The number of hydrogen-bond donors (Lipinski definition) is 3. The van der Waals surface area contributed by atoms with Gasteiger partial charge < -0.3 is 15.7 Å². The Balaban J connectivity index is 2.81. The molecular formula is C16H21FN2O4S. The minimum atomic E-state index is -1.12. The molecule has 0 aromatic heterocycles. The summed E-state index contributed by atoms with van der Waals surface area (Å²) in [5.41, 5.74) is 0.654. The van der Waals surface area contributed by atoms with Gasteiger partial charge in [0, 0.05) is 13.3 Å². The fourth-order valence-corrected chi connectivity index (χ4v) is 2.55. The van der Waals surface area contributed by atoms with Crippen LogP contribution in [0.4, 0.5) is 4.39 Å². The van der Waals surface area contributed by atoms with Crippen molar-refractivity contribution in [2.75, 3.05) is 12.0 Å². The molecule has 8 heteroatoms. The van der Waals surface area contributed by atoms with Gasteiger partial charge in [-0.3, -0.25) is 9.59 Å². The first-order valence-electron chi connectivity index (χ1n) is 7.37. The smallest absolute Gasteiger partial charge is 0.326 e. The van der Waals surface area contributed by atoms with Crippen LogP contribution in [0.5, 0.6) is 0 Å². The predicted octanol–water partition coefficient (Wildman–Crippen LogP) is 1.20. The van der Waals surface area contributed by atoms with E-state index in [1.165, 1.54) is 43.0 Å². The number of aliphatic carboxylic acids is 1. The molecule has 0 radical (unpaired) electrons. The molecule has 3 N–H and O–H groups in total. The fraction of sp³-hybridized carbons (Fsp3) is 0.438. The van der Waals surface area contributed by atoms with Crippen LogP contribution in [0.2, 0.25) is 0 Å². The average Bonchev–Trinajstić information content (AvgIpc) is 2.52. The summed E-state index contributed by atoms with van der Waals surface area (Å²) < 4.78 is 13.0. The normalized spacial score (nSPS) is 13.0. The first kappa shape index (κ1) is 20.0. The third-order valence-electron chi connectivity index (χ3n) is 3.27. The molecule has 1 aromatic carbocycles. The second-order valence-electron chi connectivity index (χ2n) is 5.26. The predicted molar refractivity (Wildman–Crippen MR) is 90.3 cm³/mol. The Kier molecular flexibility index (Phi) is 8.25. The number of rotatable bonds is 9. The van der Waals surface area contributed by atoms with Gasteiger partial charge in [0.15, 0.2) is 0 Å². The molecule has 2 unspecified atom stereocenters. The molecule has 0 bridgehead atoms. The summed E-state index contributed by atoms with van der Waals surface area (Å²) in [5.74, 6) is -1.93. The number of halogens is 1. The summed E-state index contributed by atoms with van der Waals surface area (Å²) in [6, 6.07) is 3.60. The molecule has 0 aliphatic carbocycles. The standard InChI is InChI=1S/C16H21FN2O4S/c1-10(20)18-14(9-11-3-5-12(17)6-4-11)15(21)19-13(16(22)23)7-8-24-2/h3-6,13-14H,7-9H2,1-2H3,(H,18,20)(H,19,21)(H,22,23). The lowest BCUT2D eigenvalue weighted by Gasteiger charge is -2.21. The Labute approximate surface area is 144 Å². The van der Waals surface area contributed by atoms with Crippen molar-refractivity contribution >= 4 is 29.5 Å². The zero-order chi connectivity index (χ0) is 18.1. The number of carbonyl (C=O) groups is 3. The zero-order valence-electron chi connectivity index (χ0n) is 13.5. The second-order valence-corrected chi connectivity index (χ2v) is 6.25. The van der Waals surface area contributed by atoms with Gasteiger partial charge in [-0.2, -0.15) is 11.8 Å². The van der Waals surface area contributed by atoms with Gasteiger partial charge in [-0.05, 0) is 36.1 Å². The van der Waals surface area contributed by atoms with E-state index in [1.807, 2.05) is 6.26 Å². The lowest BCUT2D eigenvalue weighted by atomic mass is 10.0. The van der Waals surface area contributed by atoms with Crippen LogP contribution in [0, 0.1) is 5.82 Å². The van der Waals surface area contributed by atoms with Crippen molar-refractivity contribution in [1.29, 1.82) is 0 Å². The van der Waals surface area contributed by atoms with E-state index in [4.69, 9.17) is 0 Å². The number of hydrogen-bond acceptors (Lipinski definition) is 4. The number of carbonyl (C=O) groups excluding carboxylic acids is 2. The molecule has 24 heavy (non-hydrogen) atoms. The van der Waals surface area contributed by atoms with Crippen molar-refractivity contribution < 1.29 is 23.9 Å². The number of thioether (sulfide) groups is 1. The van der Waals surface area contributed by atoms with Gasteiger partial charge >= 0.3 is 5.97 Å². The molecule has 0 aliphatic rings. The fourth-order valence-electron chi connectivity index (χ4n) is 2.08. The Bertz CT molecular complexity index is 580. The van der Waals surface area contributed by atoms with Gasteiger partial charge in [-0.25, -0.2) is 9.18 Å². The summed E-state index contributed by atoms with van der Waals surface area (Å²) in [6.07, 6.45) is 2.27. The molecular weight excluding hydrogens is 335 g/mol. The first-order valence-corrected chi connectivity index (χ1v) is 8.76. The molecule has 2 amide bonds. The number of nitrogens with one attached hydrogen (secondary N) is 2. The van der Waals surface area contributed by atoms with E-state index in [0.717, 1.165) is 0 Å². The van der Waals surface area contributed by atoms with E-state index < -0.39 is 35.7 Å². The molecule has 2 atom stereocenters. The van der Waals surface area contributed by atoms with Gasteiger partial charge in [0.05, 0.1) is 0 Å². The summed E-state index contributed by atoms with van der Waals surface area (Å²) >= 11 is 1.48. The number of carboxylic acid groups (broad SMARTS) is 1. The van der Waals surface area contributed by atoms with Crippen LogP contribution in [-0.4, -0.2) is 47.0 Å². The van der Waals surface area contributed by atoms with Crippen molar-refractivity contribution in [3.8, 4) is 0 Å². The highest BCUT2D eigenvalue weighted by Crippen LogP contribution is 2.07. The highest BCUT2D eigenvalue weighted by Gasteiger charge is 2.25. The van der Waals surface area contributed by atoms with Crippen LogP contribution in [0.15, 0.2) is 24.3 Å². The molecule has 1 aromatic rings. The Morgan fingerprint density at radius 3 is 2.29 bits per heavy atom. The topological polar surface area (TPSA) is 95.5 Å². The summed E-state index contributed by atoms with van der Waals surface area (Å²) in [4.78, 5) is 34.9. The first-order chi connectivity index (χ1) is 11.3. The van der Waals surface area contributed by atoms with Crippen molar-refractivity contribution in [2.24, 2.45) is 0 Å². The Hall–Kier alpha value is -2.09. The maximum absolute atomic E-state index is 13.0. The molecule has 0 aliphatic heterocycles. The highest BCUT2D eigenvalue weighted by atomic mass is 32.2. The summed E-state index contributed by atoms with van der Waals surface area (Å²) in [7, 11) is 0. The van der Waals surface area contributed by atoms with E-state index in [-0.39, 0.29) is 12.8 Å². The van der Waals surface area contributed by atoms with Gasteiger partial charge in [0.1, 0.15) is 17.9 Å². The van der Waals surface area contributed by atoms with Crippen molar-refractivity contribution in [3.63, 3.8) is 0 Å². The molecule has 132 valence electrons. The Morgan fingerprint density at radius 2 is 1.79 bits per heavy atom. The molecule has 0 spiro atoms. The third kappa shape index (κ3) is 6.99. The monoisotopic (exact) mass is 356 g/mol. The zero-order valence-corrected chi connectivity index (χ0v) is 14.4. The maximum Gasteiger partial charge on any atom is 0.326 e. The summed E-state index contributed by atoms with van der Waals surface area (Å²) in [5, 5.41) is 14.1. The number of benzene rings is 1. The number of carboxylic acids is 1. The van der Waals surface area contributed by atoms with Crippen molar-refractivity contribution in [3.05, 3.63) is 35.6 Å². The molecule has 6 nitrogen and oxygen atoms in total. The van der Waals surface area contributed by atoms with Gasteiger partial charge in [0.25, 0.3) is 0 Å². The van der Waals surface area contributed by atoms with Crippen LogP contribution < -0.4 is 10.6 Å². The van der Waals surface area contributed by atoms with Crippen molar-refractivity contribution in [2.45, 2.75) is 31.8 Å². The van der Waals surface area contributed by atoms with E-state index in [0.29, 0.717) is 11.3 Å². The molecule has 0 saturated carbocycles. The second kappa shape index (κ2) is 9.92. The lowest BCUT2D eigenvalue weighted by molar-refractivity contribution is -0.142. The van der Waals surface area contributed by atoms with E-state index in [9.17, 15) is 23.9 Å². The van der Waals surface area contributed by atoms with E-state index in [1.54, 1.807) is 0 Å². The van der Waals surface area contributed by atoms with Gasteiger partial charge in [-0.15, -0.1) is 0 Å². The van der Waals surface area contributed by atoms with Crippen LogP contribution in [0.25, 0.3) is 0 Å². The number of amides is 2. The summed E-state index contributed by atoms with van der Waals surface area (Å²) in [6.45, 7) is 1.27. The van der Waals surface area contributed by atoms with Gasteiger partial charge in [-0.1, -0.05) is 12.1 Å². The SMILES string of the molecule is CSCCC(NC(=O)C(Cc1ccc(F)cc1)NC(C)=O)C(=O)O. The van der Waals surface area contributed by atoms with E-state index in [2.05, 4.69) is 10.6 Å². The van der Waals surface area contributed by atoms with Crippen LogP contribution in [-0.2, 0) is 20.8 Å². The van der Waals surface area contributed by atoms with Gasteiger partial charge in [0.2, 0.25) is 11.8 Å². The largest absolute Gasteiger partial charge is 0.480 e. The van der Waals surface area contributed by atoms with E-state index >= 15 is 0 Å². The third-order valence-corrected chi connectivity index (χ3v) is 3.92. The molecule has 0 saturated heterocycles. The maximum atomic E-state index is 13.0. The average molecular weight is 356 g/mol. The quantitative estimate of drug-likeness (QED) is 0.618. The van der Waals surface area contributed by atoms with Crippen molar-refractivity contribution in [1.82, 2.24) is 10.6 Å².